The largest absolute Gasteiger partial charge is 0.461 e. The van der Waals surface area contributed by atoms with E-state index in [0.29, 0.717) is 18.4 Å². The van der Waals surface area contributed by atoms with Gasteiger partial charge in [-0.3, -0.25) is 14.4 Å². The smallest absolute Gasteiger partial charge is 0.302 e. The topological polar surface area (TPSA) is 60.4 Å². The Morgan fingerprint density at radius 2 is 1.88 bits per heavy atom. The van der Waals surface area contributed by atoms with E-state index < -0.39 is 11.4 Å². The molecule has 1 aliphatic rings. The van der Waals surface area contributed by atoms with Crippen molar-refractivity contribution in [3.63, 3.8) is 0 Å². The van der Waals surface area contributed by atoms with E-state index in [1.165, 1.54) is 6.92 Å². The number of Topliss-reactive ketones (excluding diaryl/α,β-unsaturated/α-hetero) is 2. The summed E-state index contributed by atoms with van der Waals surface area (Å²) in [6.45, 7) is 6.75. The van der Waals surface area contributed by atoms with Gasteiger partial charge in [0.1, 0.15) is 18.2 Å². The summed E-state index contributed by atoms with van der Waals surface area (Å²) in [5.41, 5.74) is -0.349. The van der Waals surface area contributed by atoms with E-state index in [1.807, 2.05) is 0 Å². The number of esters is 1. The third-order valence-corrected chi connectivity index (χ3v) is 2.89. The second kappa shape index (κ2) is 4.60. The van der Waals surface area contributed by atoms with Crippen molar-refractivity contribution in [1.82, 2.24) is 0 Å². The lowest BCUT2D eigenvalue weighted by atomic mass is 9.81. The lowest BCUT2D eigenvalue weighted by molar-refractivity contribution is -0.140. The van der Waals surface area contributed by atoms with Gasteiger partial charge in [-0.25, -0.2) is 0 Å². The SMILES string of the molecule is C=C(COC(C)=O)CC1(C)C(=O)CCC1=O. The first-order chi connectivity index (χ1) is 7.36. The summed E-state index contributed by atoms with van der Waals surface area (Å²) in [4.78, 5) is 33.8. The van der Waals surface area contributed by atoms with Gasteiger partial charge in [-0.15, -0.1) is 0 Å². The molecule has 0 atom stereocenters. The lowest BCUT2D eigenvalue weighted by Crippen LogP contribution is -2.30. The van der Waals surface area contributed by atoms with Crippen LogP contribution in [0.4, 0.5) is 0 Å². The van der Waals surface area contributed by atoms with Gasteiger partial charge in [0.05, 0.1) is 5.41 Å². The predicted octanol–water partition coefficient (Wildman–Crippen LogP) is 1.43. The first-order valence-electron chi connectivity index (χ1n) is 5.23. The van der Waals surface area contributed by atoms with Gasteiger partial charge in [0.15, 0.2) is 0 Å². The highest BCUT2D eigenvalue weighted by Gasteiger charge is 2.45. The van der Waals surface area contributed by atoms with Crippen LogP contribution in [0.15, 0.2) is 12.2 Å². The zero-order chi connectivity index (χ0) is 12.3. The molecule has 0 aromatic rings. The highest BCUT2D eigenvalue weighted by molar-refractivity contribution is 6.12. The van der Waals surface area contributed by atoms with E-state index in [4.69, 9.17) is 4.74 Å². The molecule has 0 aromatic carbocycles. The molecule has 1 saturated carbocycles. The van der Waals surface area contributed by atoms with Crippen LogP contribution in [0, 0.1) is 5.41 Å². The van der Waals surface area contributed by atoms with Crippen molar-refractivity contribution in [2.75, 3.05) is 6.61 Å². The van der Waals surface area contributed by atoms with Crippen LogP contribution >= 0.6 is 0 Å². The molecule has 0 unspecified atom stereocenters. The molecule has 0 bridgehead atoms. The first kappa shape index (κ1) is 12.6. The Bertz CT molecular complexity index is 338. The summed E-state index contributed by atoms with van der Waals surface area (Å²) in [5, 5.41) is 0. The van der Waals surface area contributed by atoms with Crippen molar-refractivity contribution in [3.8, 4) is 0 Å². The fraction of sp³-hybridized carbons (Fsp3) is 0.583. The summed E-state index contributed by atoms with van der Waals surface area (Å²) in [6, 6.07) is 0. The van der Waals surface area contributed by atoms with E-state index in [-0.39, 0.29) is 24.6 Å². The molecule has 0 aliphatic heterocycles. The van der Waals surface area contributed by atoms with E-state index in [1.54, 1.807) is 6.92 Å². The third kappa shape index (κ3) is 2.56. The van der Waals surface area contributed by atoms with Gasteiger partial charge >= 0.3 is 5.97 Å². The zero-order valence-electron chi connectivity index (χ0n) is 9.67. The maximum Gasteiger partial charge on any atom is 0.302 e. The van der Waals surface area contributed by atoms with E-state index in [2.05, 4.69) is 6.58 Å². The van der Waals surface area contributed by atoms with Crippen LogP contribution in [0.2, 0.25) is 0 Å². The number of carbonyl (C=O) groups excluding carboxylic acids is 3. The number of ketones is 2. The molecule has 0 saturated heterocycles. The summed E-state index contributed by atoms with van der Waals surface area (Å²) in [5.74, 6) is -0.474. The Hall–Kier alpha value is -1.45. The maximum atomic E-state index is 11.6. The number of ether oxygens (including phenoxy) is 1. The van der Waals surface area contributed by atoms with Crippen LogP contribution in [0.1, 0.15) is 33.1 Å². The summed E-state index contributed by atoms with van der Waals surface area (Å²) in [6.07, 6.45) is 0.907. The molecule has 0 N–H and O–H groups in total. The molecule has 0 aromatic heterocycles. The van der Waals surface area contributed by atoms with Crippen LogP contribution in [0.3, 0.4) is 0 Å². The molecular weight excluding hydrogens is 208 g/mol. The van der Waals surface area contributed by atoms with Crippen LogP contribution in [-0.2, 0) is 19.1 Å². The number of carbonyl (C=O) groups is 3. The lowest BCUT2D eigenvalue weighted by Gasteiger charge is -2.21. The molecular formula is C12H16O4. The van der Waals surface area contributed by atoms with Crippen LogP contribution < -0.4 is 0 Å². The fourth-order valence-corrected chi connectivity index (χ4v) is 1.89. The average Bonchev–Trinajstić information content (AvgIpc) is 2.43. The Morgan fingerprint density at radius 3 is 2.31 bits per heavy atom. The molecule has 4 nitrogen and oxygen atoms in total. The minimum absolute atomic E-state index is 0.0403. The minimum Gasteiger partial charge on any atom is -0.461 e. The summed E-state index contributed by atoms with van der Waals surface area (Å²) < 4.78 is 4.77. The van der Waals surface area contributed by atoms with Gasteiger partial charge in [-0.05, 0) is 18.9 Å². The highest BCUT2D eigenvalue weighted by atomic mass is 16.5. The van der Waals surface area contributed by atoms with Gasteiger partial charge in [-0.1, -0.05) is 6.58 Å². The van der Waals surface area contributed by atoms with Crippen molar-refractivity contribution >= 4 is 17.5 Å². The minimum atomic E-state index is -0.947. The predicted molar refractivity (Wildman–Crippen MR) is 57.7 cm³/mol. The molecule has 0 spiro atoms. The Morgan fingerprint density at radius 1 is 1.38 bits per heavy atom. The van der Waals surface area contributed by atoms with Crippen molar-refractivity contribution in [2.45, 2.75) is 33.1 Å². The molecule has 16 heavy (non-hydrogen) atoms. The second-order valence-corrected chi connectivity index (χ2v) is 4.39. The number of hydrogen-bond donors (Lipinski definition) is 0. The zero-order valence-corrected chi connectivity index (χ0v) is 9.67. The summed E-state index contributed by atoms with van der Waals surface area (Å²) >= 11 is 0. The Balaban J connectivity index is 2.59. The highest BCUT2D eigenvalue weighted by Crippen LogP contribution is 2.36. The van der Waals surface area contributed by atoms with E-state index in [0.717, 1.165) is 0 Å². The Kier molecular flexibility index (Phi) is 3.62. The van der Waals surface area contributed by atoms with Crippen LogP contribution in [0.25, 0.3) is 0 Å². The Labute approximate surface area is 94.7 Å². The molecule has 0 heterocycles. The molecule has 4 heteroatoms. The van der Waals surface area contributed by atoms with Gasteiger partial charge in [-0.2, -0.15) is 0 Å². The quantitative estimate of drug-likeness (QED) is 0.412. The maximum absolute atomic E-state index is 11.6. The van der Waals surface area contributed by atoms with E-state index >= 15 is 0 Å². The molecule has 0 amide bonds. The number of hydrogen-bond acceptors (Lipinski definition) is 4. The first-order valence-corrected chi connectivity index (χ1v) is 5.23. The molecule has 1 rings (SSSR count). The number of rotatable bonds is 4. The molecule has 88 valence electrons. The normalized spacial score (nSPS) is 18.6. The van der Waals surface area contributed by atoms with Gasteiger partial charge in [0.25, 0.3) is 0 Å². The van der Waals surface area contributed by atoms with Gasteiger partial charge in [0, 0.05) is 19.8 Å². The molecule has 0 radical (unpaired) electrons. The van der Waals surface area contributed by atoms with Crippen molar-refractivity contribution in [1.29, 1.82) is 0 Å². The third-order valence-electron chi connectivity index (χ3n) is 2.89. The molecule has 1 aliphatic carbocycles. The monoisotopic (exact) mass is 224 g/mol. The van der Waals surface area contributed by atoms with Gasteiger partial charge in [0.2, 0.25) is 0 Å². The van der Waals surface area contributed by atoms with Crippen molar-refractivity contribution in [2.24, 2.45) is 5.41 Å². The van der Waals surface area contributed by atoms with Crippen molar-refractivity contribution in [3.05, 3.63) is 12.2 Å². The van der Waals surface area contributed by atoms with Crippen LogP contribution in [-0.4, -0.2) is 24.1 Å². The van der Waals surface area contributed by atoms with Crippen molar-refractivity contribution < 1.29 is 19.1 Å². The van der Waals surface area contributed by atoms with E-state index in [9.17, 15) is 14.4 Å². The average molecular weight is 224 g/mol. The standard InChI is InChI=1S/C12H16O4/c1-8(7-16-9(2)13)6-12(3)10(14)4-5-11(12)15/h1,4-7H2,2-3H3. The second-order valence-electron chi connectivity index (χ2n) is 4.39. The van der Waals surface area contributed by atoms with Crippen LogP contribution in [0.5, 0.6) is 0 Å². The van der Waals surface area contributed by atoms with Gasteiger partial charge < -0.3 is 4.74 Å². The molecule has 1 fully saturated rings. The summed E-state index contributed by atoms with van der Waals surface area (Å²) in [7, 11) is 0. The fourth-order valence-electron chi connectivity index (χ4n) is 1.89.